The standard InChI is InChI=1S/C26H28O6/c1-30-17-7-3-14(4-8-17)19-13-22(28)23-21-12-16(27)11-20(25(21)32-26(23)24(19)29)15-5-9-18(31-2)10-6-15/h3-10,19-21,23-26,29H,11-13H2,1-2H3/t19-,20-,21-,23+,24-,25-,26+/m0/s1. The first-order valence-corrected chi connectivity index (χ1v) is 11.2. The molecule has 7 atom stereocenters. The second-order valence-electron chi connectivity index (χ2n) is 9.12. The summed E-state index contributed by atoms with van der Waals surface area (Å²) in [6.45, 7) is 0. The Kier molecular flexibility index (Phi) is 5.51. The molecule has 168 valence electrons. The summed E-state index contributed by atoms with van der Waals surface area (Å²) in [7, 11) is 3.22. The first-order chi connectivity index (χ1) is 15.5. The number of benzene rings is 2. The largest absolute Gasteiger partial charge is 0.497 e. The third-order valence-electron chi connectivity index (χ3n) is 7.49. The molecule has 2 aromatic carbocycles. The van der Waals surface area contributed by atoms with Crippen LogP contribution in [0.4, 0.5) is 0 Å². The molecule has 1 N–H and O–H groups in total. The highest BCUT2D eigenvalue weighted by Gasteiger charge is 2.58. The molecule has 3 fully saturated rings. The maximum atomic E-state index is 13.3. The van der Waals surface area contributed by atoms with Gasteiger partial charge in [-0.15, -0.1) is 0 Å². The summed E-state index contributed by atoms with van der Waals surface area (Å²) >= 11 is 0. The lowest BCUT2D eigenvalue weighted by molar-refractivity contribution is -0.137. The van der Waals surface area contributed by atoms with Crippen molar-refractivity contribution in [2.45, 2.75) is 49.4 Å². The van der Waals surface area contributed by atoms with Gasteiger partial charge in [-0.25, -0.2) is 0 Å². The fourth-order valence-corrected chi connectivity index (χ4v) is 5.90. The highest BCUT2D eigenvalue weighted by Crippen LogP contribution is 2.52. The molecule has 5 rings (SSSR count). The summed E-state index contributed by atoms with van der Waals surface area (Å²) < 4.78 is 16.9. The molecule has 6 nitrogen and oxygen atoms in total. The molecular weight excluding hydrogens is 408 g/mol. The zero-order valence-corrected chi connectivity index (χ0v) is 18.3. The van der Waals surface area contributed by atoms with Gasteiger partial charge in [0.2, 0.25) is 0 Å². The summed E-state index contributed by atoms with van der Waals surface area (Å²) in [6.07, 6.45) is -0.677. The minimum Gasteiger partial charge on any atom is -0.497 e. The topological polar surface area (TPSA) is 82.1 Å². The Morgan fingerprint density at radius 2 is 1.34 bits per heavy atom. The van der Waals surface area contributed by atoms with Gasteiger partial charge in [-0.1, -0.05) is 24.3 Å². The molecule has 0 bridgehead atoms. The lowest BCUT2D eigenvalue weighted by Crippen LogP contribution is -2.47. The Morgan fingerprint density at radius 1 is 0.781 bits per heavy atom. The number of ether oxygens (including phenoxy) is 3. The van der Waals surface area contributed by atoms with E-state index in [4.69, 9.17) is 14.2 Å². The van der Waals surface area contributed by atoms with Crippen molar-refractivity contribution >= 4 is 11.6 Å². The predicted molar refractivity (Wildman–Crippen MR) is 117 cm³/mol. The van der Waals surface area contributed by atoms with E-state index in [2.05, 4.69) is 0 Å². The van der Waals surface area contributed by atoms with Gasteiger partial charge in [0.25, 0.3) is 0 Å². The summed E-state index contributed by atoms with van der Waals surface area (Å²) in [5.41, 5.74) is 1.90. The van der Waals surface area contributed by atoms with Crippen molar-refractivity contribution in [3.05, 3.63) is 59.7 Å². The molecule has 1 heterocycles. The number of hydrogen-bond donors (Lipinski definition) is 1. The van der Waals surface area contributed by atoms with Gasteiger partial charge in [0.15, 0.2) is 0 Å². The van der Waals surface area contributed by atoms with Crippen LogP contribution in [0.2, 0.25) is 0 Å². The molecule has 0 radical (unpaired) electrons. The van der Waals surface area contributed by atoms with Crippen LogP contribution >= 0.6 is 0 Å². The Labute approximate surface area is 187 Å². The van der Waals surface area contributed by atoms with Crippen LogP contribution in [0.5, 0.6) is 11.5 Å². The fraction of sp³-hybridized carbons (Fsp3) is 0.462. The molecule has 0 amide bonds. The monoisotopic (exact) mass is 436 g/mol. The molecule has 0 unspecified atom stereocenters. The number of carbonyl (C=O) groups is 2. The zero-order valence-electron chi connectivity index (χ0n) is 18.3. The predicted octanol–water partition coefficient (Wildman–Crippen LogP) is 3.27. The van der Waals surface area contributed by atoms with Gasteiger partial charge >= 0.3 is 0 Å². The second kappa shape index (κ2) is 8.34. The van der Waals surface area contributed by atoms with Crippen molar-refractivity contribution in [2.24, 2.45) is 11.8 Å². The maximum absolute atomic E-state index is 13.3. The van der Waals surface area contributed by atoms with Crippen LogP contribution in [0.25, 0.3) is 0 Å². The van der Waals surface area contributed by atoms with E-state index in [0.717, 1.165) is 22.6 Å². The van der Waals surface area contributed by atoms with E-state index in [0.29, 0.717) is 12.8 Å². The number of Topliss-reactive ketones (excluding diaryl/α,β-unsaturated/α-hetero) is 2. The number of methoxy groups -OCH3 is 2. The van der Waals surface area contributed by atoms with Crippen LogP contribution in [0, 0.1) is 11.8 Å². The quantitative estimate of drug-likeness (QED) is 0.792. The molecule has 2 aliphatic carbocycles. The van der Waals surface area contributed by atoms with Crippen molar-refractivity contribution < 1.29 is 28.9 Å². The number of aliphatic hydroxyl groups excluding tert-OH is 1. The highest BCUT2D eigenvalue weighted by molar-refractivity contribution is 5.87. The summed E-state index contributed by atoms with van der Waals surface area (Å²) in [4.78, 5) is 25.9. The van der Waals surface area contributed by atoms with Crippen LogP contribution < -0.4 is 9.47 Å². The Bertz CT molecular complexity index is 998. The molecule has 1 saturated heterocycles. The maximum Gasteiger partial charge on any atom is 0.139 e. The van der Waals surface area contributed by atoms with Gasteiger partial charge in [0.1, 0.15) is 23.1 Å². The van der Waals surface area contributed by atoms with Crippen molar-refractivity contribution in [1.82, 2.24) is 0 Å². The minimum absolute atomic E-state index is 0.0804. The summed E-state index contributed by atoms with van der Waals surface area (Å²) in [6, 6.07) is 15.2. The van der Waals surface area contributed by atoms with Crippen molar-refractivity contribution in [1.29, 1.82) is 0 Å². The van der Waals surface area contributed by atoms with Gasteiger partial charge in [-0.05, 0) is 35.4 Å². The zero-order chi connectivity index (χ0) is 22.4. The van der Waals surface area contributed by atoms with Crippen LogP contribution in [0.1, 0.15) is 42.2 Å². The first kappa shape index (κ1) is 21.2. The van der Waals surface area contributed by atoms with Gasteiger partial charge < -0.3 is 19.3 Å². The van der Waals surface area contributed by atoms with Crippen molar-refractivity contribution in [3.63, 3.8) is 0 Å². The SMILES string of the molecule is COc1ccc([C@@H]2CC(=O)[C@H]3[C@@H]4CC(=O)C[C@@H](c5ccc(OC)cc5)[C@@H]4O[C@H]3[C@H]2O)cc1. The van der Waals surface area contributed by atoms with E-state index in [1.165, 1.54) is 0 Å². The molecule has 2 saturated carbocycles. The average Bonchev–Trinajstić information content (AvgIpc) is 3.21. The van der Waals surface area contributed by atoms with E-state index >= 15 is 0 Å². The number of rotatable bonds is 4. The number of carbonyl (C=O) groups excluding carboxylic acids is 2. The molecule has 3 aliphatic rings. The smallest absolute Gasteiger partial charge is 0.139 e. The highest BCUT2D eigenvalue weighted by atomic mass is 16.5. The minimum atomic E-state index is -0.802. The van der Waals surface area contributed by atoms with Crippen LogP contribution in [0.15, 0.2) is 48.5 Å². The Balaban J connectivity index is 1.43. The molecule has 32 heavy (non-hydrogen) atoms. The van der Waals surface area contributed by atoms with E-state index in [-0.39, 0.29) is 41.8 Å². The average molecular weight is 437 g/mol. The number of fused-ring (bicyclic) bond motifs is 3. The molecule has 2 aromatic rings. The van der Waals surface area contributed by atoms with Gasteiger partial charge in [0.05, 0.1) is 38.4 Å². The lowest BCUT2D eigenvalue weighted by Gasteiger charge is -2.36. The van der Waals surface area contributed by atoms with Gasteiger partial charge in [-0.2, -0.15) is 0 Å². The van der Waals surface area contributed by atoms with E-state index in [1.54, 1.807) is 14.2 Å². The first-order valence-electron chi connectivity index (χ1n) is 11.2. The molecular formula is C26H28O6. The van der Waals surface area contributed by atoms with Crippen molar-refractivity contribution in [3.8, 4) is 11.5 Å². The third-order valence-corrected chi connectivity index (χ3v) is 7.49. The summed E-state index contributed by atoms with van der Waals surface area (Å²) in [5.74, 6) is 0.630. The fourth-order valence-electron chi connectivity index (χ4n) is 5.90. The third kappa shape index (κ3) is 3.51. The van der Waals surface area contributed by atoms with Gasteiger partial charge in [-0.3, -0.25) is 9.59 Å². The second-order valence-corrected chi connectivity index (χ2v) is 9.12. The van der Waals surface area contributed by atoms with E-state index < -0.39 is 18.1 Å². The Morgan fingerprint density at radius 3 is 1.91 bits per heavy atom. The van der Waals surface area contributed by atoms with E-state index in [1.807, 2.05) is 48.5 Å². The van der Waals surface area contributed by atoms with Crippen LogP contribution in [0.3, 0.4) is 0 Å². The van der Waals surface area contributed by atoms with Crippen molar-refractivity contribution in [2.75, 3.05) is 14.2 Å². The number of aliphatic hydroxyl groups is 1. The summed E-state index contributed by atoms with van der Waals surface area (Å²) in [5, 5.41) is 11.3. The Hall–Kier alpha value is -2.70. The number of hydrogen-bond acceptors (Lipinski definition) is 6. The molecule has 0 aromatic heterocycles. The molecule has 0 spiro atoms. The van der Waals surface area contributed by atoms with Crippen LogP contribution in [-0.4, -0.2) is 49.2 Å². The van der Waals surface area contributed by atoms with Crippen LogP contribution in [-0.2, 0) is 14.3 Å². The normalized spacial score (nSPS) is 34.0. The molecule has 1 aliphatic heterocycles. The number of ketones is 2. The van der Waals surface area contributed by atoms with Gasteiger partial charge in [0, 0.05) is 37.0 Å². The van der Waals surface area contributed by atoms with E-state index in [9.17, 15) is 14.7 Å². The lowest BCUT2D eigenvalue weighted by atomic mass is 9.65. The molecule has 6 heteroatoms.